The Morgan fingerprint density at radius 2 is 2.38 bits per heavy atom. The van der Waals surface area contributed by atoms with E-state index in [-0.39, 0.29) is 5.82 Å². The molecule has 1 heterocycles. The summed E-state index contributed by atoms with van der Waals surface area (Å²) in [5.74, 6) is 0.551. The smallest absolute Gasteiger partial charge is 0.410 e. The molecule has 13 heavy (non-hydrogen) atoms. The van der Waals surface area contributed by atoms with E-state index < -0.39 is 6.09 Å². The first-order chi connectivity index (χ1) is 6.13. The first-order valence-electron chi connectivity index (χ1n) is 3.34. The maximum Gasteiger partial charge on any atom is 0.410 e. The number of hydrogen-bond acceptors (Lipinski definition) is 3. The van der Waals surface area contributed by atoms with Gasteiger partial charge in [0.25, 0.3) is 0 Å². The van der Waals surface area contributed by atoms with Crippen LogP contribution in [-0.4, -0.2) is 23.3 Å². The number of rotatable bonds is 2. The quantitative estimate of drug-likeness (QED) is 0.783. The minimum Gasteiger partial charge on any atom is -0.493 e. The van der Waals surface area contributed by atoms with Gasteiger partial charge in [0.15, 0.2) is 11.6 Å². The standard InChI is InChI=1S/C7H7BrN2O3/c1-13-4-2-3-5(8)9-6(4)10-7(11)12/h2-3H,1H3,(H,9,10)(H,11,12). The zero-order chi connectivity index (χ0) is 9.84. The number of amides is 1. The van der Waals surface area contributed by atoms with Gasteiger partial charge in [-0.05, 0) is 28.1 Å². The molecular formula is C7H7BrN2O3. The van der Waals surface area contributed by atoms with Crippen LogP contribution in [0.25, 0.3) is 0 Å². The topological polar surface area (TPSA) is 71.5 Å². The maximum absolute atomic E-state index is 10.3. The Kier molecular flexibility index (Phi) is 3.07. The third-order valence-corrected chi connectivity index (χ3v) is 1.71. The van der Waals surface area contributed by atoms with E-state index in [0.717, 1.165) is 0 Å². The third kappa shape index (κ3) is 2.59. The lowest BCUT2D eigenvalue weighted by Gasteiger charge is -2.06. The summed E-state index contributed by atoms with van der Waals surface area (Å²) in [6.07, 6.45) is -1.18. The summed E-state index contributed by atoms with van der Waals surface area (Å²) in [6, 6.07) is 3.27. The van der Waals surface area contributed by atoms with Gasteiger partial charge in [-0.15, -0.1) is 0 Å². The molecule has 70 valence electrons. The number of halogens is 1. The minimum atomic E-state index is -1.18. The summed E-state index contributed by atoms with van der Waals surface area (Å²) in [7, 11) is 1.44. The van der Waals surface area contributed by atoms with E-state index in [1.807, 2.05) is 0 Å². The van der Waals surface area contributed by atoms with Crippen molar-refractivity contribution in [3.8, 4) is 5.75 Å². The predicted molar refractivity (Wildman–Crippen MR) is 50.1 cm³/mol. The van der Waals surface area contributed by atoms with E-state index in [9.17, 15) is 4.79 Å². The average molecular weight is 247 g/mol. The molecule has 0 aromatic carbocycles. The average Bonchev–Trinajstić information content (AvgIpc) is 2.03. The first-order valence-corrected chi connectivity index (χ1v) is 4.13. The van der Waals surface area contributed by atoms with Crippen molar-refractivity contribution in [2.45, 2.75) is 0 Å². The number of anilines is 1. The summed E-state index contributed by atoms with van der Waals surface area (Å²) in [4.78, 5) is 14.2. The van der Waals surface area contributed by atoms with Crippen LogP contribution in [0, 0.1) is 0 Å². The fourth-order valence-electron chi connectivity index (χ4n) is 0.778. The van der Waals surface area contributed by atoms with Gasteiger partial charge in [0.2, 0.25) is 0 Å². The van der Waals surface area contributed by atoms with Crippen LogP contribution in [0.2, 0.25) is 0 Å². The van der Waals surface area contributed by atoms with Gasteiger partial charge in [0, 0.05) is 0 Å². The molecule has 5 nitrogen and oxygen atoms in total. The Bertz CT molecular complexity index is 330. The predicted octanol–water partition coefficient (Wildman–Crippen LogP) is 1.94. The Balaban J connectivity index is 3.01. The van der Waals surface area contributed by atoms with E-state index >= 15 is 0 Å². The molecule has 2 N–H and O–H groups in total. The van der Waals surface area contributed by atoms with E-state index in [1.54, 1.807) is 12.1 Å². The third-order valence-electron chi connectivity index (χ3n) is 1.27. The van der Waals surface area contributed by atoms with Gasteiger partial charge in [-0.25, -0.2) is 9.78 Å². The molecule has 0 aliphatic carbocycles. The van der Waals surface area contributed by atoms with E-state index in [1.165, 1.54) is 7.11 Å². The number of carboxylic acid groups (broad SMARTS) is 1. The van der Waals surface area contributed by atoms with Crippen molar-refractivity contribution in [2.24, 2.45) is 0 Å². The Morgan fingerprint density at radius 1 is 1.69 bits per heavy atom. The second-order valence-electron chi connectivity index (χ2n) is 2.11. The van der Waals surface area contributed by atoms with Gasteiger partial charge in [-0.2, -0.15) is 0 Å². The first kappa shape index (κ1) is 9.79. The minimum absolute atomic E-state index is 0.171. The molecule has 0 saturated carbocycles. The molecule has 0 spiro atoms. The number of nitrogens with zero attached hydrogens (tertiary/aromatic N) is 1. The molecule has 0 atom stereocenters. The number of pyridine rings is 1. The monoisotopic (exact) mass is 246 g/mol. The highest BCUT2D eigenvalue weighted by Gasteiger charge is 2.07. The molecule has 0 radical (unpaired) electrons. The van der Waals surface area contributed by atoms with Crippen LogP contribution in [0.4, 0.5) is 10.6 Å². The van der Waals surface area contributed by atoms with Crippen LogP contribution in [0.1, 0.15) is 0 Å². The van der Waals surface area contributed by atoms with E-state index in [2.05, 4.69) is 26.2 Å². The highest BCUT2D eigenvalue weighted by atomic mass is 79.9. The number of ether oxygens (including phenoxy) is 1. The molecule has 1 rings (SSSR count). The lowest BCUT2D eigenvalue weighted by molar-refractivity contribution is 0.209. The largest absolute Gasteiger partial charge is 0.493 e. The van der Waals surface area contributed by atoms with Crippen LogP contribution < -0.4 is 10.1 Å². The number of carbonyl (C=O) groups is 1. The van der Waals surface area contributed by atoms with Crippen LogP contribution in [-0.2, 0) is 0 Å². The van der Waals surface area contributed by atoms with Gasteiger partial charge in [0.05, 0.1) is 7.11 Å². The molecule has 0 aliphatic heterocycles. The number of methoxy groups -OCH3 is 1. The summed E-state index contributed by atoms with van der Waals surface area (Å²) in [5.41, 5.74) is 0. The fraction of sp³-hybridized carbons (Fsp3) is 0.143. The van der Waals surface area contributed by atoms with Gasteiger partial charge in [0.1, 0.15) is 4.60 Å². The molecule has 1 aromatic rings. The molecule has 0 unspecified atom stereocenters. The van der Waals surface area contributed by atoms with Crippen LogP contribution in [0.5, 0.6) is 5.75 Å². The molecule has 0 bridgehead atoms. The Labute approximate surface area is 82.9 Å². The summed E-state index contributed by atoms with van der Waals surface area (Å²) in [5, 5.41) is 10.6. The Hall–Kier alpha value is -1.30. The number of hydrogen-bond donors (Lipinski definition) is 2. The SMILES string of the molecule is COc1ccc(Br)nc1NC(=O)O. The van der Waals surface area contributed by atoms with E-state index in [4.69, 9.17) is 9.84 Å². The van der Waals surface area contributed by atoms with Crippen LogP contribution in [0.15, 0.2) is 16.7 Å². The van der Waals surface area contributed by atoms with Crippen LogP contribution in [0.3, 0.4) is 0 Å². The highest BCUT2D eigenvalue weighted by molar-refractivity contribution is 9.10. The molecule has 0 fully saturated rings. The van der Waals surface area contributed by atoms with Gasteiger partial charge in [-0.3, -0.25) is 5.32 Å². The van der Waals surface area contributed by atoms with Crippen molar-refractivity contribution >= 4 is 27.8 Å². The molecular weight excluding hydrogens is 240 g/mol. The fourth-order valence-corrected chi connectivity index (χ4v) is 1.09. The summed E-state index contributed by atoms with van der Waals surface area (Å²) >= 11 is 3.12. The molecule has 1 aromatic heterocycles. The number of aromatic nitrogens is 1. The lowest BCUT2D eigenvalue weighted by Crippen LogP contribution is -2.10. The molecule has 0 saturated heterocycles. The number of nitrogens with one attached hydrogen (secondary N) is 1. The maximum atomic E-state index is 10.3. The highest BCUT2D eigenvalue weighted by Crippen LogP contribution is 2.23. The molecule has 0 aliphatic rings. The van der Waals surface area contributed by atoms with Crippen LogP contribution >= 0.6 is 15.9 Å². The van der Waals surface area contributed by atoms with Gasteiger partial charge in [-0.1, -0.05) is 0 Å². The van der Waals surface area contributed by atoms with Crippen molar-refractivity contribution in [3.63, 3.8) is 0 Å². The Morgan fingerprint density at radius 3 is 2.92 bits per heavy atom. The van der Waals surface area contributed by atoms with Crippen molar-refractivity contribution in [3.05, 3.63) is 16.7 Å². The van der Waals surface area contributed by atoms with Crippen molar-refractivity contribution < 1.29 is 14.6 Å². The second kappa shape index (κ2) is 4.08. The zero-order valence-electron chi connectivity index (χ0n) is 6.74. The molecule has 6 heteroatoms. The molecule has 1 amide bonds. The summed E-state index contributed by atoms with van der Waals surface area (Å²) < 4.78 is 5.43. The summed E-state index contributed by atoms with van der Waals surface area (Å²) in [6.45, 7) is 0. The van der Waals surface area contributed by atoms with Crippen molar-refractivity contribution in [1.82, 2.24) is 4.98 Å². The van der Waals surface area contributed by atoms with Gasteiger partial charge >= 0.3 is 6.09 Å². The van der Waals surface area contributed by atoms with E-state index in [0.29, 0.717) is 10.4 Å². The van der Waals surface area contributed by atoms with Crippen molar-refractivity contribution in [2.75, 3.05) is 12.4 Å². The second-order valence-corrected chi connectivity index (χ2v) is 2.93. The normalized spacial score (nSPS) is 9.38. The zero-order valence-corrected chi connectivity index (χ0v) is 8.33. The lowest BCUT2D eigenvalue weighted by atomic mass is 10.4. The van der Waals surface area contributed by atoms with Gasteiger partial charge < -0.3 is 9.84 Å². The van der Waals surface area contributed by atoms with Crippen molar-refractivity contribution in [1.29, 1.82) is 0 Å².